The van der Waals surface area contributed by atoms with Gasteiger partial charge in [0, 0.05) is 9.81 Å². The highest BCUT2D eigenvalue weighted by Gasteiger charge is 2.04. The predicted octanol–water partition coefficient (Wildman–Crippen LogP) is 4.38. The van der Waals surface area contributed by atoms with Gasteiger partial charge >= 0.3 is 0 Å². The summed E-state index contributed by atoms with van der Waals surface area (Å²) in [6.45, 7) is 0. The van der Waals surface area contributed by atoms with Crippen molar-refractivity contribution >= 4 is 35.1 Å². The summed E-state index contributed by atoms with van der Waals surface area (Å²) in [4.78, 5) is 1.72. The maximum atomic E-state index is 5.13. The third kappa shape index (κ3) is 2.92. The Balaban J connectivity index is 2.37. The molecule has 0 aliphatic rings. The minimum atomic E-state index is 0.834. The minimum Gasteiger partial charge on any atom is -0.497 e. The van der Waals surface area contributed by atoms with Gasteiger partial charge in [-0.2, -0.15) is 0 Å². The molecule has 0 unspecified atom stereocenters. The third-order valence-corrected chi connectivity index (χ3v) is 3.77. The first kappa shape index (κ1) is 13.1. The number of hydrogen-bond acceptors (Lipinski definition) is 3. The SMILES string of the molecule is COc1ccc(/C(S)=C(/S)c2ccccc2)cc1. The topological polar surface area (TPSA) is 9.23 Å². The highest BCUT2D eigenvalue weighted by atomic mass is 32.1. The van der Waals surface area contributed by atoms with E-state index in [-0.39, 0.29) is 0 Å². The standard InChI is InChI=1S/C15H14OS2/c1-16-13-9-7-12(8-10-13)15(18)14(17)11-5-3-2-4-6-11/h2-10,17-18H,1H3/b15-14-. The molecule has 0 saturated heterocycles. The van der Waals surface area contributed by atoms with E-state index in [0.29, 0.717) is 0 Å². The summed E-state index contributed by atoms with van der Waals surface area (Å²) in [5, 5.41) is 0. The van der Waals surface area contributed by atoms with Crippen LogP contribution < -0.4 is 4.74 Å². The fourth-order valence-corrected chi connectivity index (χ4v) is 2.17. The summed E-state index contributed by atoms with van der Waals surface area (Å²) in [7, 11) is 1.65. The molecular weight excluding hydrogens is 260 g/mol. The van der Waals surface area contributed by atoms with Gasteiger partial charge < -0.3 is 4.74 Å². The van der Waals surface area contributed by atoms with Crippen LogP contribution in [0.2, 0.25) is 0 Å². The zero-order chi connectivity index (χ0) is 13.0. The summed E-state index contributed by atoms with van der Waals surface area (Å²) in [6.07, 6.45) is 0. The molecule has 1 nitrogen and oxygen atoms in total. The molecule has 2 aromatic carbocycles. The molecule has 3 heteroatoms. The molecule has 0 amide bonds. The van der Waals surface area contributed by atoms with Crippen LogP contribution >= 0.6 is 25.3 Å². The fraction of sp³-hybridized carbons (Fsp3) is 0.0667. The van der Waals surface area contributed by atoms with Crippen molar-refractivity contribution in [2.75, 3.05) is 7.11 Å². The monoisotopic (exact) mass is 274 g/mol. The molecule has 0 aromatic heterocycles. The zero-order valence-corrected chi connectivity index (χ0v) is 11.8. The van der Waals surface area contributed by atoms with Crippen molar-refractivity contribution in [1.82, 2.24) is 0 Å². The van der Waals surface area contributed by atoms with E-state index >= 15 is 0 Å². The lowest BCUT2D eigenvalue weighted by Crippen LogP contribution is -1.85. The molecule has 2 aromatic rings. The van der Waals surface area contributed by atoms with Gasteiger partial charge in [-0.25, -0.2) is 0 Å². The quantitative estimate of drug-likeness (QED) is 0.624. The average Bonchev–Trinajstić information content (AvgIpc) is 2.47. The molecule has 0 aliphatic carbocycles. The first-order valence-corrected chi connectivity index (χ1v) is 6.44. The van der Waals surface area contributed by atoms with Gasteiger partial charge in [0.05, 0.1) is 7.11 Å². The van der Waals surface area contributed by atoms with Gasteiger partial charge in [-0.05, 0) is 23.3 Å². The molecule has 92 valence electrons. The summed E-state index contributed by atoms with van der Waals surface area (Å²) < 4.78 is 5.13. The molecule has 0 heterocycles. The van der Waals surface area contributed by atoms with Crippen LogP contribution in [0.15, 0.2) is 54.6 Å². The van der Waals surface area contributed by atoms with Gasteiger partial charge in [0.1, 0.15) is 5.75 Å². The van der Waals surface area contributed by atoms with Crippen LogP contribution in [0, 0.1) is 0 Å². The van der Waals surface area contributed by atoms with Crippen molar-refractivity contribution in [2.45, 2.75) is 0 Å². The molecule has 0 aliphatic heterocycles. The molecule has 0 saturated carbocycles. The van der Waals surface area contributed by atoms with Crippen molar-refractivity contribution in [1.29, 1.82) is 0 Å². The third-order valence-electron chi connectivity index (χ3n) is 2.63. The number of thiol groups is 2. The van der Waals surface area contributed by atoms with Crippen molar-refractivity contribution in [2.24, 2.45) is 0 Å². The van der Waals surface area contributed by atoms with Gasteiger partial charge in [-0.3, -0.25) is 0 Å². The average molecular weight is 274 g/mol. The fourth-order valence-electron chi connectivity index (χ4n) is 1.62. The highest BCUT2D eigenvalue weighted by molar-refractivity contribution is 7.96. The Kier molecular flexibility index (Phi) is 4.39. The van der Waals surface area contributed by atoms with Crippen molar-refractivity contribution in [3.63, 3.8) is 0 Å². The Bertz CT molecular complexity index is 544. The molecule has 0 fully saturated rings. The van der Waals surface area contributed by atoms with Crippen LogP contribution in [0.3, 0.4) is 0 Å². The second-order valence-corrected chi connectivity index (χ2v) is 4.69. The van der Waals surface area contributed by atoms with Crippen LogP contribution in [-0.2, 0) is 0 Å². The first-order chi connectivity index (χ1) is 8.72. The number of hydrogen-bond donors (Lipinski definition) is 2. The van der Waals surface area contributed by atoms with E-state index in [0.717, 1.165) is 26.7 Å². The molecule has 0 bridgehead atoms. The zero-order valence-electron chi connectivity index (χ0n) is 10.00. The van der Waals surface area contributed by atoms with E-state index in [2.05, 4.69) is 25.3 Å². The Morgan fingerprint density at radius 2 is 1.28 bits per heavy atom. The van der Waals surface area contributed by atoms with Gasteiger partial charge in [-0.1, -0.05) is 42.5 Å². The summed E-state index contributed by atoms with van der Waals surface area (Å²) in [5.74, 6) is 0.834. The van der Waals surface area contributed by atoms with Crippen molar-refractivity contribution in [3.05, 3.63) is 65.7 Å². The number of methoxy groups -OCH3 is 1. The predicted molar refractivity (Wildman–Crippen MR) is 84.2 cm³/mol. The van der Waals surface area contributed by atoms with E-state index < -0.39 is 0 Å². The lowest BCUT2D eigenvalue weighted by atomic mass is 10.1. The van der Waals surface area contributed by atoms with E-state index in [1.54, 1.807) is 7.11 Å². The number of ether oxygens (including phenoxy) is 1. The van der Waals surface area contributed by atoms with Crippen molar-refractivity contribution < 1.29 is 4.74 Å². The summed E-state index contributed by atoms with van der Waals surface area (Å²) >= 11 is 9.10. The molecule has 0 radical (unpaired) electrons. The molecule has 0 spiro atoms. The van der Waals surface area contributed by atoms with E-state index in [9.17, 15) is 0 Å². The first-order valence-electron chi connectivity index (χ1n) is 5.54. The van der Waals surface area contributed by atoms with E-state index in [1.807, 2.05) is 54.6 Å². The van der Waals surface area contributed by atoms with Gasteiger partial charge in [0.25, 0.3) is 0 Å². The van der Waals surface area contributed by atoms with Crippen LogP contribution in [0.4, 0.5) is 0 Å². The second-order valence-electron chi connectivity index (χ2n) is 3.79. The Morgan fingerprint density at radius 1 is 0.778 bits per heavy atom. The summed E-state index contributed by atoms with van der Waals surface area (Å²) in [6, 6.07) is 17.8. The Labute approximate surface area is 118 Å². The van der Waals surface area contributed by atoms with Crippen LogP contribution in [0.25, 0.3) is 9.81 Å². The second kappa shape index (κ2) is 6.03. The molecular formula is C15H14OS2. The number of rotatable bonds is 3. The van der Waals surface area contributed by atoms with Crippen LogP contribution in [0.1, 0.15) is 11.1 Å². The van der Waals surface area contributed by atoms with Gasteiger partial charge in [-0.15, -0.1) is 25.3 Å². The van der Waals surface area contributed by atoms with Crippen LogP contribution in [0.5, 0.6) is 5.75 Å². The normalized spacial score (nSPS) is 11.9. The van der Waals surface area contributed by atoms with Crippen molar-refractivity contribution in [3.8, 4) is 5.75 Å². The Hall–Kier alpha value is -1.32. The van der Waals surface area contributed by atoms with Gasteiger partial charge in [0.2, 0.25) is 0 Å². The maximum Gasteiger partial charge on any atom is 0.118 e. The van der Waals surface area contributed by atoms with Gasteiger partial charge in [0.15, 0.2) is 0 Å². The molecule has 0 atom stereocenters. The summed E-state index contributed by atoms with van der Waals surface area (Å²) in [5.41, 5.74) is 2.08. The largest absolute Gasteiger partial charge is 0.497 e. The molecule has 18 heavy (non-hydrogen) atoms. The Morgan fingerprint density at radius 3 is 1.78 bits per heavy atom. The smallest absolute Gasteiger partial charge is 0.118 e. The van der Waals surface area contributed by atoms with E-state index in [4.69, 9.17) is 4.74 Å². The molecule has 0 N–H and O–H groups in total. The lowest BCUT2D eigenvalue weighted by Gasteiger charge is -2.07. The van der Waals surface area contributed by atoms with Crippen LogP contribution in [-0.4, -0.2) is 7.11 Å². The number of benzene rings is 2. The van der Waals surface area contributed by atoms with E-state index in [1.165, 1.54) is 0 Å². The lowest BCUT2D eigenvalue weighted by molar-refractivity contribution is 0.415. The maximum absolute atomic E-state index is 5.13. The molecule has 2 rings (SSSR count). The minimum absolute atomic E-state index is 0.834. The highest BCUT2D eigenvalue weighted by Crippen LogP contribution is 2.32.